The highest BCUT2D eigenvalue weighted by atomic mass is 16.4. The highest BCUT2D eigenvalue weighted by Gasteiger charge is 2.26. The molecule has 0 spiro atoms. The molecule has 2 amide bonds. The average molecular weight is 215 g/mol. The number of carboxylic acids is 1. The Kier molecular flexibility index (Phi) is 3.62. The Morgan fingerprint density at radius 2 is 2.27 bits per heavy atom. The number of nitrogens with one attached hydrogen (secondary N) is 2. The Balaban J connectivity index is 2.46. The third kappa shape index (κ3) is 3.21. The van der Waals surface area contributed by atoms with Gasteiger partial charge in [-0.25, -0.2) is 0 Å². The number of likely N-dealkylation sites (N-methyl/N-ethyl adjacent to an activating group) is 1. The van der Waals surface area contributed by atoms with Crippen LogP contribution in [0.3, 0.4) is 0 Å². The summed E-state index contributed by atoms with van der Waals surface area (Å²) in [6.07, 6.45) is 0. The van der Waals surface area contributed by atoms with Gasteiger partial charge in [0.25, 0.3) is 0 Å². The van der Waals surface area contributed by atoms with Crippen LogP contribution in [-0.4, -0.2) is 60.5 Å². The third-order valence-corrected chi connectivity index (χ3v) is 2.06. The zero-order valence-electron chi connectivity index (χ0n) is 8.32. The van der Waals surface area contributed by atoms with E-state index >= 15 is 0 Å². The lowest BCUT2D eigenvalue weighted by atomic mass is 10.2. The lowest BCUT2D eigenvalue weighted by Gasteiger charge is -2.26. The van der Waals surface area contributed by atoms with Crippen molar-refractivity contribution in [1.29, 1.82) is 0 Å². The summed E-state index contributed by atoms with van der Waals surface area (Å²) in [5.41, 5.74) is 0. The van der Waals surface area contributed by atoms with Crippen molar-refractivity contribution in [2.24, 2.45) is 0 Å². The van der Waals surface area contributed by atoms with E-state index in [1.807, 2.05) is 0 Å². The van der Waals surface area contributed by atoms with E-state index in [2.05, 4.69) is 10.6 Å². The summed E-state index contributed by atoms with van der Waals surface area (Å²) < 4.78 is 0. The Morgan fingerprint density at radius 3 is 2.73 bits per heavy atom. The monoisotopic (exact) mass is 215 g/mol. The Morgan fingerprint density at radius 1 is 1.60 bits per heavy atom. The van der Waals surface area contributed by atoms with Crippen molar-refractivity contribution in [3.63, 3.8) is 0 Å². The molecule has 1 unspecified atom stereocenters. The first kappa shape index (κ1) is 11.4. The second-order valence-electron chi connectivity index (χ2n) is 3.33. The molecule has 1 aliphatic rings. The van der Waals surface area contributed by atoms with Gasteiger partial charge in [-0.2, -0.15) is 0 Å². The number of amides is 2. The molecule has 1 saturated heterocycles. The SMILES string of the molecule is CN(CC(=O)O)C(=O)C1CNC(=O)CN1. The van der Waals surface area contributed by atoms with Crippen LogP contribution in [0, 0.1) is 0 Å². The summed E-state index contributed by atoms with van der Waals surface area (Å²) in [6.45, 7) is -0.0656. The van der Waals surface area contributed by atoms with Crippen molar-refractivity contribution >= 4 is 17.8 Å². The summed E-state index contributed by atoms with van der Waals surface area (Å²) in [4.78, 5) is 33.8. The number of nitrogens with zero attached hydrogens (tertiary/aromatic N) is 1. The molecule has 7 nitrogen and oxygen atoms in total. The molecule has 1 aliphatic heterocycles. The third-order valence-electron chi connectivity index (χ3n) is 2.06. The average Bonchev–Trinajstić information content (AvgIpc) is 2.17. The van der Waals surface area contributed by atoms with Gasteiger partial charge in [0.05, 0.1) is 6.54 Å². The fourth-order valence-electron chi connectivity index (χ4n) is 1.29. The smallest absolute Gasteiger partial charge is 0.323 e. The predicted octanol–water partition coefficient (Wildman–Crippen LogP) is -2.38. The van der Waals surface area contributed by atoms with Crippen molar-refractivity contribution < 1.29 is 19.5 Å². The van der Waals surface area contributed by atoms with Gasteiger partial charge in [-0.15, -0.1) is 0 Å². The molecule has 0 bridgehead atoms. The number of hydrogen-bond donors (Lipinski definition) is 3. The molecule has 0 saturated carbocycles. The zero-order valence-corrected chi connectivity index (χ0v) is 8.32. The van der Waals surface area contributed by atoms with E-state index in [1.54, 1.807) is 0 Å². The van der Waals surface area contributed by atoms with E-state index in [1.165, 1.54) is 7.05 Å². The lowest BCUT2D eigenvalue weighted by Crippen LogP contribution is -2.58. The van der Waals surface area contributed by atoms with Crippen LogP contribution >= 0.6 is 0 Å². The maximum absolute atomic E-state index is 11.6. The normalized spacial score (nSPS) is 20.6. The van der Waals surface area contributed by atoms with Crippen LogP contribution in [0.4, 0.5) is 0 Å². The molecule has 1 fully saturated rings. The summed E-state index contributed by atoms with van der Waals surface area (Å²) in [5, 5.41) is 13.7. The highest BCUT2D eigenvalue weighted by molar-refractivity contribution is 5.88. The quantitative estimate of drug-likeness (QED) is 0.488. The van der Waals surface area contributed by atoms with Gasteiger partial charge in [-0.05, 0) is 0 Å². The Labute approximate surface area is 86.4 Å². The minimum absolute atomic E-state index is 0.0807. The molecular weight excluding hydrogens is 202 g/mol. The number of carbonyl (C=O) groups is 3. The number of carboxylic acid groups (broad SMARTS) is 1. The second-order valence-corrected chi connectivity index (χ2v) is 3.33. The van der Waals surface area contributed by atoms with Gasteiger partial charge in [0, 0.05) is 13.6 Å². The van der Waals surface area contributed by atoms with Gasteiger partial charge < -0.3 is 15.3 Å². The number of rotatable bonds is 3. The summed E-state index contributed by atoms with van der Waals surface area (Å²) in [5.74, 6) is -1.57. The van der Waals surface area contributed by atoms with Gasteiger partial charge >= 0.3 is 5.97 Å². The van der Waals surface area contributed by atoms with Crippen LogP contribution < -0.4 is 10.6 Å². The van der Waals surface area contributed by atoms with E-state index in [0.717, 1.165) is 4.90 Å². The molecule has 0 aliphatic carbocycles. The Bertz CT molecular complexity index is 282. The Hall–Kier alpha value is -1.63. The van der Waals surface area contributed by atoms with Crippen LogP contribution in [0.15, 0.2) is 0 Å². The number of hydrogen-bond acceptors (Lipinski definition) is 4. The molecule has 3 N–H and O–H groups in total. The van der Waals surface area contributed by atoms with Gasteiger partial charge in [-0.3, -0.25) is 19.7 Å². The maximum atomic E-state index is 11.6. The number of carbonyl (C=O) groups excluding carboxylic acids is 2. The molecule has 0 radical (unpaired) electrons. The van der Waals surface area contributed by atoms with Gasteiger partial charge in [0.15, 0.2) is 0 Å². The van der Waals surface area contributed by atoms with Gasteiger partial charge in [-0.1, -0.05) is 0 Å². The molecular formula is C8H13N3O4. The minimum Gasteiger partial charge on any atom is -0.480 e. The number of aliphatic carboxylic acids is 1. The van der Waals surface area contributed by atoms with E-state index in [-0.39, 0.29) is 31.4 Å². The molecule has 1 rings (SSSR count). The molecule has 15 heavy (non-hydrogen) atoms. The minimum atomic E-state index is -1.06. The van der Waals surface area contributed by atoms with E-state index in [9.17, 15) is 14.4 Å². The van der Waals surface area contributed by atoms with E-state index < -0.39 is 12.0 Å². The van der Waals surface area contributed by atoms with Gasteiger partial charge in [0.2, 0.25) is 11.8 Å². The van der Waals surface area contributed by atoms with Gasteiger partial charge in [0.1, 0.15) is 12.6 Å². The fraction of sp³-hybridized carbons (Fsp3) is 0.625. The first-order chi connectivity index (χ1) is 7.00. The van der Waals surface area contributed by atoms with Crippen molar-refractivity contribution in [3.05, 3.63) is 0 Å². The molecule has 0 aromatic rings. The van der Waals surface area contributed by atoms with Crippen LogP contribution in [-0.2, 0) is 14.4 Å². The summed E-state index contributed by atoms with van der Waals surface area (Å²) >= 11 is 0. The fourth-order valence-corrected chi connectivity index (χ4v) is 1.29. The van der Waals surface area contributed by atoms with Crippen LogP contribution in [0.2, 0.25) is 0 Å². The largest absolute Gasteiger partial charge is 0.480 e. The topological polar surface area (TPSA) is 98.7 Å². The van der Waals surface area contributed by atoms with Crippen molar-refractivity contribution in [2.45, 2.75) is 6.04 Å². The molecule has 84 valence electrons. The standard InChI is InChI=1S/C8H13N3O4/c1-11(4-7(13)14)8(15)5-2-10-6(12)3-9-5/h5,9H,2-4H2,1H3,(H,10,12)(H,13,14). The number of piperazine rings is 1. The summed E-state index contributed by atoms with van der Waals surface area (Å²) in [6, 6.07) is -0.535. The molecule has 1 heterocycles. The summed E-state index contributed by atoms with van der Waals surface area (Å²) in [7, 11) is 1.41. The lowest BCUT2D eigenvalue weighted by molar-refractivity contribution is -0.144. The molecule has 1 atom stereocenters. The zero-order chi connectivity index (χ0) is 11.4. The highest BCUT2D eigenvalue weighted by Crippen LogP contribution is 1.95. The van der Waals surface area contributed by atoms with E-state index in [0.29, 0.717) is 0 Å². The predicted molar refractivity (Wildman–Crippen MR) is 50.1 cm³/mol. The first-order valence-corrected chi connectivity index (χ1v) is 4.47. The van der Waals surface area contributed by atoms with Crippen LogP contribution in [0.1, 0.15) is 0 Å². The molecule has 0 aromatic carbocycles. The molecule has 7 heteroatoms. The molecule has 0 aromatic heterocycles. The van der Waals surface area contributed by atoms with Crippen molar-refractivity contribution in [2.75, 3.05) is 26.7 Å². The second kappa shape index (κ2) is 4.74. The first-order valence-electron chi connectivity index (χ1n) is 4.47. The van der Waals surface area contributed by atoms with E-state index in [4.69, 9.17) is 5.11 Å². The van der Waals surface area contributed by atoms with Crippen LogP contribution in [0.25, 0.3) is 0 Å². The maximum Gasteiger partial charge on any atom is 0.323 e. The van der Waals surface area contributed by atoms with Crippen molar-refractivity contribution in [3.8, 4) is 0 Å². The van der Waals surface area contributed by atoms with Crippen LogP contribution in [0.5, 0.6) is 0 Å². The van der Waals surface area contributed by atoms with Crippen molar-refractivity contribution in [1.82, 2.24) is 15.5 Å².